The predicted molar refractivity (Wildman–Crippen MR) is 45.6 cm³/mol. The molecule has 11 heavy (non-hydrogen) atoms. The van der Waals surface area contributed by atoms with Crippen LogP contribution in [0.25, 0.3) is 0 Å². The minimum Gasteiger partial charge on any atom is -0.691 e. The van der Waals surface area contributed by atoms with Gasteiger partial charge in [0, 0.05) is 0 Å². The van der Waals surface area contributed by atoms with Gasteiger partial charge < -0.3 is 16.8 Å². The van der Waals surface area contributed by atoms with E-state index in [1.807, 2.05) is 13.8 Å². The molecular weight excluding hydrogens is 147 g/mol. The summed E-state index contributed by atoms with van der Waals surface area (Å²) in [7, 11) is -1.50. The summed E-state index contributed by atoms with van der Waals surface area (Å²) in [4.78, 5) is 0. The first-order valence-electron chi connectivity index (χ1n) is 3.41. The topological polar surface area (TPSA) is 9.23 Å². The summed E-state index contributed by atoms with van der Waals surface area (Å²) in [5.74, 6) is 2.36. The normalized spacial score (nSPS) is 11.6. The Labute approximate surface area is 83.2 Å². The summed E-state index contributed by atoms with van der Waals surface area (Å²) in [5.41, 5.74) is -0.496. The van der Waals surface area contributed by atoms with Crippen molar-refractivity contribution in [1.82, 2.24) is 0 Å². The summed E-state index contributed by atoms with van der Waals surface area (Å²) >= 11 is 0. The molecule has 0 heterocycles. The number of rotatable bonds is 2. The fourth-order valence-corrected chi connectivity index (χ4v) is 2.37. The Kier molecular flexibility index (Phi) is 5.53. The van der Waals surface area contributed by atoms with Crippen LogP contribution in [-0.2, 0) is 4.43 Å². The number of hydrogen-bond donors (Lipinski definition) is 0. The van der Waals surface area contributed by atoms with Crippen molar-refractivity contribution in [1.29, 1.82) is 0 Å². The van der Waals surface area contributed by atoms with E-state index < -0.39 is 13.9 Å². The van der Waals surface area contributed by atoms with Crippen molar-refractivity contribution in [2.24, 2.45) is 0 Å². The van der Waals surface area contributed by atoms with Gasteiger partial charge in [0.15, 0.2) is 8.32 Å². The summed E-state index contributed by atoms with van der Waals surface area (Å²) < 4.78 is 5.61. The molecule has 0 radical (unpaired) electrons. The molecule has 3 heteroatoms. The monoisotopic (exact) mass is 162 g/mol. The van der Waals surface area contributed by atoms with Crippen LogP contribution in [0.3, 0.4) is 0 Å². The Morgan fingerprint density at radius 1 is 1.27 bits per heavy atom. The summed E-state index contributed by atoms with van der Waals surface area (Å²) in [6.45, 7) is 10.0. The van der Waals surface area contributed by atoms with Gasteiger partial charge in [-0.2, -0.15) is 0 Å². The average Bonchev–Trinajstić information content (AvgIpc) is 1.60. The molecule has 0 saturated carbocycles. The van der Waals surface area contributed by atoms with Gasteiger partial charge in [-0.1, -0.05) is 0 Å². The van der Waals surface area contributed by atoms with E-state index in [0.29, 0.717) is 0 Å². The first-order chi connectivity index (χ1) is 4.27. The molecule has 0 aromatic rings. The van der Waals surface area contributed by atoms with Gasteiger partial charge in [0.05, 0.1) is 5.60 Å². The van der Waals surface area contributed by atoms with Crippen LogP contribution in [0, 0.1) is 12.3 Å². The molecule has 0 amide bonds. The zero-order valence-electron chi connectivity index (χ0n) is 8.41. The van der Waals surface area contributed by atoms with E-state index >= 15 is 0 Å². The third-order valence-electron chi connectivity index (χ3n) is 0.862. The Bertz CT molecular complexity index is 152. The molecule has 0 aliphatic carbocycles. The maximum absolute atomic E-state index is 6.93. The van der Waals surface area contributed by atoms with Crippen LogP contribution < -0.4 is 18.9 Å². The van der Waals surface area contributed by atoms with Crippen molar-refractivity contribution in [3.8, 4) is 5.92 Å². The zero-order chi connectivity index (χ0) is 8.41. The Hall–Kier alpha value is 0.334. The summed E-state index contributed by atoms with van der Waals surface area (Å²) in [5, 5.41) is 0. The van der Waals surface area contributed by atoms with E-state index in [0.717, 1.165) is 0 Å². The Balaban J connectivity index is 0. The first-order valence-corrected chi connectivity index (χ1v) is 6.82. The molecule has 0 saturated heterocycles. The molecule has 0 aromatic heterocycles. The van der Waals surface area contributed by atoms with E-state index in [-0.39, 0.29) is 18.9 Å². The van der Waals surface area contributed by atoms with Crippen LogP contribution in [0.15, 0.2) is 0 Å². The van der Waals surface area contributed by atoms with Crippen molar-refractivity contribution >= 4 is 8.32 Å². The fraction of sp³-hybridized carbons (Fsp3) is 0.750. The summed E-state index contributed by atoms with van der Waals surface area (Å²) in [6, 6.07) is 0. The molecule has 0 atom stereocenters. The van der Waals surface area contributed by atoms with Gasteiger partial charge in [-0.25, -0.2) is 0 Å². The molecule has 1 nitrogen and oxygen atoms in total. The second-order valence-electron chi connectivity index (χ2n) is 3.85. The van der Waals surface area contributed by atoms with E-state index in [9.17, 15) is 0 Å². The van der Waals surface area contributed by atoms with Crippen LogP contribution in [-0.4, -0.2) is 13.9 Å². The quantitative estimate of drug-likeness (QED) is 0.294. The van der Waals surface area contributed by atoms with Crippen LogP contribution in [0.2, 0.25) is 19.6 Å². The predicted octanol–water partition coefficient (Wildman–Crippen LogP) is -0.790. The minimum atomic E-state index is -1.50. The van der Waals surface area contributed by atoms with Gasteiger partial charge in [-0.3, -0.25) is 0 Å². The van der Waals surface area contributed by atoms with E-state index in [1.165, 1.54) is 0 Å². The minimum absolute atomic E-state index is 0. The molecule has 0 aliphatic heterocycles. The average molecular weight is 162 g/mol. The van der Waals surface area contributed by atoms with Crippen molar-refractivity contribution in [2.75, 3.05) is 0 Å². The molecular formula is C8H15LiOSi. The molecule has 0 spiro atoms. The molecule has 0 rings (SSSR count). The van der Waals surface area contributed by atoms with Crippen LogP contribution >= 0.6 is 0 Å². The van der Waals surface area contributed by atoms with E-state index in [2.05, 4.69) is 25.6 Å². The molecule has 0 bridgehead atoms. The fourth-order valence-electron chi connectivity index (χ4n) is 0.791. The van der Waals surface area contributed by atoms with Gasteiger partial charge >= 0.3 is 18.9 Å². The van der Waals surface area contributed by atoms with Crippen LogP contribution in [0.5, 0.6) is 0 Å². The standard InChI is InChI=1S/C8H15OSi.Li/c1-7-8(2,3)9-10(4,5)6;/h2-6H3;/q-1;+1. The van der Waals surface area contributed by atoms with Crippen molar-refractivity contribution in [3.63, 3.8) is 0 Å². The molecule has 0 aromatic carbocycles. The zero-order valence-corrected chi connectivity index (χ0v) is 9.41. The van der Waals surface area contributed by atoms with Gasteiger partial charge in [0.1, 0.15) is 0 Å². The Morgan fingerprint density at radius 3 is 1.73 bits per heavy atom. The molecule has 0 N–H and O–H groups in total. The SMILES string of the molecule is [C-]#CC(C)(C)O[Si](C)(C)C.[Li+]. The van der Waals surface area contributed by atoms with Crippen molar-refractivity contribution < 1.29 is 23.3 Å². The molecule has 0 fully saturated rings. The maximum atomic E-state index is 6.93. The maximum Gasteiger partial charge on any atom is 1.00 e. The largest absolute Gasteiger partial charge is 1.00 e. The Morgan fingerprint density at radius 2 is 1.64 bits per heavy atom. The van der Waals surface area contributed by atoms with E-state index in [1.54, 1.807) is 0 Å². The number of hydrogen-bond acceptors (Lipinski definition) is 1. The van der Waals surface area contributed by atoms with Gasteiger partial charge in [-0.15, -0.1) is 0 Å². The van der Waals surface area contributed by atoms with Gasteiger partial charge in [0.25, 0.3) is 0 Å². The van der Waals surface area contributed by atoms with Gasteiger partial charge in [0.2, 0.25) is 0 Å². The molecule has 0 unspecified atom stereocenters. The second kappa shape index (κ2) is 4.38. The molecule has 0 aliphatic rings. The van der Waals surface area contributed by atoms with Crippen molar-refractivity contribution in [3.05, 3.63) is 6.42 Å². The molecule has 58 valence electrons. The smallest absolute Gasteiger partial charge is 0.691 e. The van der Waals surface area contributed by atoms with E-state index in [4.69, 9.17) is 10.8 Å². The van der Waals surface area contributed by atoms with Gasteiger partial charge in [-0.05, 0) is 33.5 Å². The third kappa shape index (κ3) is 8.24. The van der Waals surface area contributed by atoms with Crippen molar-refractivity contribution in [2.45, 2.75) is 39.1 Å². The summed E-state index contributed by atoms with van der Waals surface area (Å²) in [6.07, 6.45) is 6.93. The first kappa shape index (κ1) is 13.9. The van der Waals surface area contributed by atoms with Crippen LogP contribution in [0.4, 0.5) is 0 Å². The second-order valence-corrected chi connectivity index (χ2v) is 8.28. The third-order valence-corrected chi connectivity index (χ3v) is 1.99. The van der Waals surface area contributed by atoms with Crippen LogP contribution in [0.1, 0.15) is 13.8 Å².